The van der Waals surface area contributed by atoms with E-state index >= 15 is 0 Å². The highest BCUT2D eigenvalue weighted by Crippen LogP contribution is 2.32. The molecule has 2 aromatic carbocycles. The summed E-state index contributed by atoms with van der Waals surface area (Å²) in [5, 5.41) is 12.1. The number of nitrogens with one attached hydrogen (secondary N) is 1. The fourth-order valence-electron chi connectivity index (χ4n) is 3.73. The summed E-state index contributed by atoms with van der Waals surface area (Å²) in [5.74, 6) is -2.81. The van der Waals surface area contributed by atoms with Gasteiger partial charge >= 0.3 is 0 Å². The lowest BCUT2D eigenvalue weighted by Crippen LogP contribution is -2.37. The number of aliphatic hydroxyl groups excluding tert-OH is 1. The minimum absolute atomic E-state index is 0.0353. The van der Waals surface area contributed by atoms with Crippen molar-refractivity contribution in [3.05, 3.63) is 72.1 Å². The molecule has 0 spiro atoms. The maximum absolute atomic E-state index is 13.9. The van der Waals surface area contributed by atoms with Crippen LogP contribution in [0, 0.1) is 0 Å². The molecule has 1 fully saturated rings. The Morgan fingerprint density at radius 3 is 2.38 bits per heavy atom. The molecule has 1 amide bonds. The molecule has 4 rings (SSSR count). The van der Waals surface area contributed by atoms with Gasteiger partial charge in [0, 0.05) is 42.3 Å². The lowest BCUT2D eigenvalue weighted by Gasteiger charge is -2.28. The quantitative estimate of drug-likeness (QED) is 0.551. The summed E-state index contributed by atoms with van der Waals surface area (Å²) in [6.45, 7) is 3.83. The van der Waals surface area contributed by atoms with Gasteiger partial charge in [0.15, 0.2) is 5.82 Å². The molecule has 0 bridgehead atoms. The molecule has 2 heterocycles. The second-order valence-corrected chi connectivity index (χ2v) is 8.13. The van der Waals surface area contributed by atoms with Gasteiger partial charge in [-0.25, -0.2) is 4.98 Å². The number of carbonyl (C=O) groups is 1. The zero-order valence-electron chi connectivity index (χ0n) is 18.7. The van der Waals surface area contributed by atoms with Crippen molar-refractivity contribution >= 4 is 17.4 Å². The summed E-state index contributed by atoms with van der Waals surface area (Å²) >= 11 is 0. The third-order valence-electron chi connectivity index (χ3n) is 5.66. The lowest BCUT2D eigenvalue weighted by molar-refractivity contribution is -0.115. The fraction of sp³-hybridized carbons (Fsp3) is 0.320. The maximum atomic E-state index is 13.9. The van der Waals surface area contributed by atoms with Crippen LogP contribution >= 0.6 is 0 Å². The zero-order chi connectivity index (χ0) is 24.1. The first kappa shape index (κ1) is 23.7. The van der Waals surface area contributed by atoms with Crippen molar-refractivity contribution in [2.45, 2.75) is 25.4 Å². The Labute approximate surface area is 196 Å². The molecule has 0 saturated carbocycles. The van der Waals surface area contributed by atoms with Crippen molar-refractivity contribution in [3.63, 3.8) is 0 Å². The molecule has 178 valence electrons. The van der Waals surface area contributed by atoms with Gasteiger partial charge in [0.25, 0.3) is 5.92 Å². The number of halogens is 2. The van der Waals surface area contributed by atoms with Gasteiger partial charge in [-0.05, 0) is 24.6 Å². The second-order valence-electron chi connectivity index (χ2n) is 8.13. The number of benzene rings is 2. The van der Waals surface area contributed by atoms with Crippen molar-refractivity contribution in [2.24, 2.45) is 0 Å². The van der Waals surface area contributed by atoms with Crippen molar-refractivity contribution in [1.29, 1.82) is 0 Å². The lowest BCUT2D eigenvalue weighted by atomic mass is 10.0. The number of rotatable bonds is 7. The maximum Gasteiger partial charge on any atom is 0.298 e. The summed E-state index contributed by atoms with van der Waals surface area (Å²) in [4.78, 5) is 23.6. The van der Waals surface area contributed by atoms with E-state index in [1.54, 1.807) is 24.5 Å². The number of hydrogen-bond donors (Lipinski definition) is 2. The predicted octanol–water partition coefficient (Wildman–Crippen LogP) is 3.63. The number of amides is 1. The average molecular weight is 469 g/mol. The summed E-state index contributed by atoms with van der Waals surface area (Å²) < 4.78 is 33.2. The highest BCUT2D eigenvalue weighted by atomic mass is 19.3. The van der Waals surface area contributed by atoms with E-state index in [9.17, 15) is 18.7 Å². The smallest absolute Gasteiger partial charge is 0.298 e. The summed E-state index contributed by atoms with van der Waals surface area (Å²) in [5.41, 5.74) is 2.55. The number of hydrogen-bond acceptors (Lipinski definition) is 6. The molecule has 0 radical (unpaired) electrons. The molecule has 3 aromatic rings. The number of nitrogens with zero attached hydrogens (tertiary/aromatic N) is 3. The van der Waals surface area contributed by atoms with Gasteiger partial charge in [-0.15, -0.1) is 0 Å². The number of aromatic nitrogens is 2. The number of aliphatic hydroxyl groups is 1. The van der Waals surface area contributed by atoms with Crippen LogP contribution in [-0.4, -0.2) is 53.4 Å². The molecule has 9 heteroatoms. The Balaban J connectivity index is 1.40. The highest BCUT2D eigenvalue weighted by molar-refractivity contribution is 5.92. The Bertz CT molecular complexity index is 1120. The van der Waals surface area contributed by atoms with Crippen LogP contribution in [0.5, 0.6) is 0 Å². The highest BCUT2D eigenvalue weighted by Gasteiger charge is 2.37. The average Bonchev–Trinajstić information content (AvgIpc) is 2.85. The minimum atomic E-state index is -3.34. The topological polar surface area (TPSA) is 87.6 Å². The predicted molar refractivity (Wildman–Crippen MR) is 125 cm³/mol. The molecule has 1 unspecified atom stereocenters. The van der Waals surface area contributed by atoms with Gasteiger partial charge in [-0.3, -0.25) is 9.78 Å². The van der Waals surface area contributed by atoms with Crippen molar-refractivity contribution in [1.82, 2.24) is 9.97 Å². The van der Waals surface area contributed by atoms with Crippen LogP contribution in [-0.2, 0) is 21.9 Å². The van der Waals surface area contributed by atoms with E-state index in [2.05, 4.69) is 20.2 Å². The molecule has 7 nitrogen and oxygen atoms in total. The number of alkyl halides is 2. The van der Waals surface area contributed by atoms with Crippen LogP contribution in [0.15, 0.2) is 60.9 Å². The Kier molecular flexibility index (Phi) is 7.14. The van der Waals surface area contributed by atoms with Crippen LogP contribution in [0.2, 0.25) is 0 Å². The summed E-state index contributed by atoms with van der Waals surface area (Å²) in [7, 11) is 0. The number of morpholine rings is 1. The number of ether oxygens (including phenoxy) is 1. The van der Waals surface area contributed by atoms with Crippen LogP contribution in [0.25, 0.3) is 11.3 Å². The van der Waals surface area contributed by atoms with E-state index in [-0.39, 0.29) is 17.9 Å². The molecule has 1 aromatic heterocycles. The van der Waals surface area contributed by atoms with E-state index in [1.165, 1.54) is 24.3 Å². The molecular weight excluding hydrogens is 442 g/mol. The van der Waals surface area contributed by atoms with E-state index in [0.717, 1.165) is 37.1 Å². The first-order valence-electron chi connectivity index (χ1n) is 11.0. The fourth-order valence-corrected chi connectivity index (χ4v) is 3.73. The zero-order valence-corrected chi connectivity index (χ0v) is 18.7. The monoisotopic (exact) mass is 468 g/mol. The van der Waals surface area contributed by atoms with Crippen molar-refractivity contribution in [2.75, 3.05) is 36.5 Å². The Morgan fingerprint density at radius 1 is 1.09 bits per heavy atom. The first-order valence-corrected chi connectivity index (χ1v) is 11.0. The van der Waals surface area contributed by atoms with Crippen LogP contribution in [0.3, 0.4) is 0 Å². The summed E-state index contributed by atoms with van der Waals surface area (Å²) in [6, 6.07) is 12.7. The molecule has 0 aliphatic carbocycles. The van der Waals surface area contributed by atoms with Gasteiger partial charge in [-0.1, -0.05) is 36.4 Å². The van der Waals surface area contributed by atoms with Crippen molar-refractivity contribution in [3.8, 4) is 11.3 Å². The van der Waals surface area contributed by atoms with Gasteiger partial charge in [-0.2, -0.15) is 8.78 Å². The molecular formula is C25H26F2N4O3. The third kappa shape index (κ3) is 5.37. The molecule has 1 aliphatic rings. The second kappa shape index (κ2) is 10.2. The molecule has 1 saturated heterocycles. The van der Waals surface area contributed by atoms with Gasteiger partial charge < -0.3 is 20.1 Å². The summed E-state index contributed by atoms with van der Waals surface area (Å²) in [6.07, 6.45) is 1.56. The minimum Gasteiger partial charge on any atom is -0.387 e. The third-order valence-corrected chi connectivity index (χ3v) is 5.66. The molecule has 1 aliphatic heterocycles. The Hall–Kier alpha value is -3.43. The van der Waals surface area contributed by atoms with Crippen LogP contribution in [0.1, 0.15) is 18.1 Å². The number of anilines is 2. The van der Waals surface area contributed by atoms with Gasteiger partial charge in [0.1, 0.15) is 11.8 Å². The van der Waals surface area contributed by atoms with E-state index in [1.807, 2.05) is 12.1 Å². The normalized spacial score (nSPS) is 15.1. The van der Waals surface area contributed by atoms with Gasteiger partial charge in [0.2, 0.25) is 5.91 Å². The van der Waals surface area contributed by atoms with Crippen LogP contribution in [0.4, 0.5) is 20.3 Å². The SMILES string of the molecule is CC(O)C(F)(F)c1ccc(CC(=O)Nc2ccc(-c3nccnc3N3CCOCC3)cc2)cc1. The number of carbonyl (C=O) groups excluding carboxylic acids is 1. The van der Waals surface area contributed by atoms with Gasteiger partial charge in [0.05, 0.1) is 19.6 Å². The van der Waals surface area contributed by atoms with Crippen molar-refractivity contribution < 1.29 is 23.4 Å². The largest absolute Gasteiger partial charge is 0.387 e. The van der Waals surface area contributed by atoms with E-state index < -0.39 is 12.0 Å². The molecule has 1 atom stereocenters. The standard InChI is InChI=1S/C25H26F2N4O3/c1-17(32)25(26,27)20-6-2-18(3-7-20)16-22(33)30-21-8-4-19(5-9-21)23-24(29-11-10-28-23)31-12-14-34-15-13-31/h2-11,17,32H,12-16H2,1H3,(H,30,33). The van der Waals surface area contributed by atoms with E-state index in [4.69, 9.17) is 4.74 Å². The molecule has 34 heavy (non-hydrogen) atoms. The van der Waals surface area contributed by atoms with E-state index in [0.29, 0.717) is 24.5 Å². The first-order chi connectivity index (χ1) is 16.3. The Morgan fingerprint density at radius 2 is 1.74 bits per heavy atom. The van der Waals surface area contributed by atoms with Crippen LogP contribution < -0.4 is 10.2 Å². The molecule has 2 N–H and O–H groups in total.